The predicted molar refractivity (Wildman–Crippen MR) is 96.0 cm³/mol. The van der Waals surface area contributed by atoms with Crippen LogP contribution in [0.1, 0.15) is 24.4 Å². The molecular weight excluding hydrogens is 374 g/mol. The first kappa shape index (κ1) is 16.8. The normalized spacial score (nSPS) is 17.2. The summed E-state index contributed by atoms with van der Waals surface area (Å²) in [5.41, 5.74) is 1.73. The lowest BCUT2D eigenvalue weighted by molar-refractivity contribution is 0.395. The van der Waals surface area contributed by atoms with E-state index in [9.17, 15) is 4.79 Å². The summed E-state index contributed by atoms with van der Waals surface area (Å²) in [4.78, 5) is 14.4. The first-order chi connectivity index (χ1) is 11.6. The minimum atomic E-state index is -0.143. The largest absolute Gasteiger partial charge is 0.497 e. The molecule has 128 valence electrons. The van der Waals surface area contributed by atoms with Gasteiger partial charge in [0.05, 0.1) is 32.1 Å². The Hall–Kier alpha value is -2.02. The van der Waals surface area contributed by atoms with E-state index in [1.165, 1.54) is 4.68 Å². The Labute approximate surface area is 149 Å². The summed E-state index contributed by atoms with van der Waals surface area (Å²) in [7, 11) is 4.96. The molecule has 0 N–H and O–H groups in total. The number of aryl methyl sites for hydroxylation is 1. The number of halogens is 1. The Kier molecular flexibility index (Phi) is 4.80. The number of aromatic nitrogens is 2. The number of hydrogen-bond donors (Lipinski definition) is 0. The minimum Gasteiger partial charge on any atom is -0.497 e. The van der Waals surface area contributed by atoms with Crippen LogP contribution in [0.5, 0.6) is 11.5 Å². The zero-order chi connectivity index (χ0) is 17.3. The molecule has 1 aliphatic rings. The summed E-state index contributed by atoms with van der Waals surface area (Å²) in [5.74, 6) is 1.61. The highest BCUT2D eigenvalue weighted by atomic mass is 79.9. The van der Waals surface area contributed by atoms with Crippen LogP contribution in [0.25, 0.3) is 0 Å². The highest BCUT2D eigenvalue weighted by Crippen LogP contribution is 2.42. The van der Waals surface area contributed by atoms with Crippen LogP contribution in [0.4, 0.5) is 5.69 Å². The molecule has 24 heavy (non-hydrogen) atoms. The van der Waals surface area contributed by atoms with Crippen LogP contribution in [0.15, 0.2) is 33.7 Å². The highest BCUT2D eigenvalue weighted by Gasteiger charge is 2.31. The molecule has 0 aliphatic carbocycles. The molecule has 2 aromatic rings. The van der Waals surface area contributed by atoms with E-state index in [1.807, 2.05) is 18.2 Å². The molecule has 0 bridgehead atoms. The van der Waals surface area contributed by atoms with E-state index in [0.29, 0.717) is 4.47 Å². The molecule has 3 rings (SSSR count). The first-order valence-electron chi connectivity index (χ1n) is 7.77. The molecule has 0 amide bonds. The van der Waals surface area contributed by atoms with Gasteiger partial charge in [0.25, 0.3) is 5.56 Å². The molecule has 1 atom stereocenters. The van der Waals surface area contributed by atoms with Crippen molar-refractivity contribution in [1.82, 2.24) is 9.78 Å². The van der Waals surface area contributed by atoms with Gasteiger partial charge in [-0.2, -0.15) is 5.10 Å². The SMILES string of the molecule is COc1ccc(OC)c(C2CCCN2c2cnn(C)c(=O)c2Br)c1. The van der Waals surface area contributed by atoms with E-state index in [-0.39, 0.29) is 11.6 Å². The molecule has 1 aromatic carbocycles. The van der Waals surface area contributed by atoms with Gasteiger partial charge in [-0.15, -0.1) is 0 Å². The van der Waals surface area contributed by atoms with Gasteiger partial charge in [0.15, 0.2) is 0 Å². The lowest BCUT2D eigenvalue weighted by atomic mass is 10.0. The van der Waals surface area contributed by atoms with Crippen LogP contribution in [0.2, 0.25) is 0 Å². The van der Waals surface area contributed by atoms with Crippen LogP contribution >= 0.6 is 15.9 Å². The standard InChI is InChI=1S/C17H20BrN3O3/c1-20-17(22)16(18)14(10-19-20)21-8-4-5-13(21)12-9-11(23-2)6-7-15(12)24-3/h6-7,9-10,13H,4-5,8H2,1-3H3. The number of rotatable bonds is 4. The smallest absolute Gasteiger partial charge is 0.282 e. The van der Waals surface area contributed by atoms with E-state index < -0.39 is 0 Å². The summed E-state index contributed by atoms with van der Waals surface area (Å²) >= 11 is 3.43. The molecule has 1 saturated heterocycles. The summed E-state index contributed by atoms with van der Waals surface area (Å²) in [6.07, 6.45) is 3.74. The molecule has 0 radical (unpaired) electrons. The lowest BCUT2D eigenvalue weighted by Crippen LogP contribution is -2.28. The average molecular weight is 394 g/mol. The number of nitrogens with zero attached hydrogens (tertiary/aromatic N) is 3. The van der Waals surface area contributed by atoms with Crippen molar-refractivity contribution >= 4 is 21.6 Å². The Bertz CT molecular complexity index is 806. The molecule has 0 saturated carbocycles. The zero-order valence-electron chi connectivity index (χ0n) is 14.0. The van der Waals surface area contributed by atoms with Gasteiger partial charge >= 0.3 is 0 Å². The molecule has 6 nitrogen and oxygen atoms in total. The summed E-state index contributed by atoms with van der Waals surface area (Å²) in [6.45, 7) is 0.860. The van der Waals surface area contributed by atoms with E-state index in [4.69, 9.17) is 9.47 Å². The topological polar surface area (TPSA) is 56.6 Å². The van der Waals surface area contributed by atoms with Gasteiger partial charge in [-0.25, -0.2) is 4.68 Å². The fourth-order valence-electron chi connectivity index (χ4n) is 3.18. The van der Waals surface area contributed by atoms with Crippen LogP contribution in [0, 0.1) is 0 Å². The molecule has 2 heterocycles. The first-order valence-corrected chi connectivity index (χ1v) is 8.56. The Balaban J connectivity index is 2.06. The molecule has 7 heteroatoms. The van der Waals surface area contributed by atoms with E-state index in [2.05, 4.69) is 25.9 Å². The third kappa shape index (κ3) is 2.88. The fourth-order valence-corrected chi connectivity index (χ4v) is 3.77. The monoisotopic (exact) mass is 393 g/mol. The van der Waals surface area contributed by atoms with Gasteiger partial charge in [-0.05, 0) is 47.0 Å². The number of anilines is 1. The molecule has 1 aliphatic heterocycles. The van der Waals surface area contributed by atoms with Gasteiger partial charge in [0, 0.05) is 19.2 Å². The van der Waals surface area contributed by atoms with Crippen molar-refractivity contribution < 1.29 is 9.47 Å². The molecule has 1 fully saturated rings. The average Bonchev–Trinajstić information content (AvgIpc) is 3.08. The van der Waals surface area contributed by atoms with Crippen molar-refractivity contribution in [3.63, 3.8) is 0 Å². The minimum absolute atomic E-state index is 0.111. The van der Waals surface area contributed by atoms with Crippen molar-refractivity contribution in [2.45, 2.75) is 18.9 Å². The van der Waals surface area contributed by atoms with Gasteiger partial charge in [0.1, 0.15) is 16.0 Å². The third-order valence-electron chi connectivity index (χ3n) is 4.42. The maximum Gasteiger partial charge on any atom is 0.282 e. The van der Waals surface area contributed by atoms with E-state index in [1.54, 1.807) is 27.5 Å². The molecule has 0 spiro atoms. The van der Waals surface area contributed by atoms with E-state index in [0.717, 1.165) is 42.1 Å². The van der Waals surface area contributed by atoms with Crippen molar-refractivity contribution in [1.29, 1.82) is 0 Å². The van der Waals surface area contributed by atoms with E-state index >= 15 is 0 Å². The predicted octanol–water partition coefficient (Wildman–Crippen LogP) is 2.90. The third-order valence-corrected chi connectivity index (χ3v) is 5.16. The fraction of sp³-hybridized carbons (Fsp3) is 0.412. The zero-order valence-corrected chi connectivity index (χ0v) is 15.5. The Morgan fingerprint density at radius 3 is 2.79 bits per heavy atom. The summed E-state index contributed by atoms with van der Waals surface area (Å²) < 4.78 is 12.8. The number of methoxy groups -OCH3 is 2. The molecular formula is C17H20BrN3O3. The maximum atomic E-state index is 12.2. The summed E-state index contributed by atoms with van der Waals surface area (Å²) in [5, 5.41) is 4.17. The van der Waals surface area contributed by atoms with Crippen LogP contribution in [-0.2, 0) is 7.05 Å². The molecule has 1 aromatic heterocycles. The van der Waals surface area contributed by atoms with Crippen LogP contribution in [-0.4, -0.2) is 30.5 Å². The maximum absolute atomic E-state index is 12.2. The van der Waals surface area contributed by atoms with Crippen molar-refractivity contribution in [2.75, 3.05) is 25.7 Å². The van der Waals surface area contributed by atoms with Crippen molar-refractivity contribution in [2.24, 2.45) is 7.05 Å². The lowest BCUT2D eigenvalue weighted by Gasteiger charge is -2.29. The van der Waals surface area contributed by atoms with Crippen molar-refractivity contribution in [3.8, 4) is 11.5 Å². The van der Waals surface area contributed by atoms with Gasteiger partial charge in [0.2, 0.25) is 0 Å². The Morgan fingerprint density at radius 2 is 2.08 bits per heavy atom. The Morgan fingerprint density at radius 1 is 1.29 bits per heavy atom. The van der Waals surface area contributed by atoms with Crippen molar-refractivity contribution in [3.05, 3.63) is 44.8 Å². The van der Waals surface area contributed by atoms with Gasteiger partial charge in [-0.1, -0.05) is 0 Å². The number of benzene rings is 1. The second kappa shape index (κ2) is 6.84. The molecule has 1 unspecified atom stereocenters. The van der Waals surface area contributed by atoms with Gasteiger partial charge in [-0.3, -0.25) is 4.79 Å². The summed E-state index contributed by atoms with van der Waals surface area (Å²) in [6, 6.07) is 5.92. The van der Waals surface area contributed by atoms with Gasteiger partial charge < -0.3 is 14.4 Å². The highest BCUT2D eigenvalue weighted by molar-refractivity contribution is 9.10. The van der Waals surface area contributed by atoms with Crippen LogP contribution < -0.4 is 19.9 Å². The second-order valence-electron chi connectivity index (χ2n) is 5.73. The number of ether oxygens (including phenoxy) is 2. The second-order valence-corrected chi connectivity index (χ2v) is 6.52. The number of hydrogen-bond acceptors (Lipinski definition) is 5. The quantitative estimate of drug-likeness (QED) is 0.798. The van der Waals surface area contributed by atoms with Crippen LogP contribution in [0.3, 0.4) is 0 Å².